The molecule has 16 heavy (non-hydrogen) atoms. The summed E-state index contributed by atoms with van der Waals surface area (Å²) in [6, 6.07) is 0. The highest BCUT2D eigenvalue weighted by Crippen LogP contribution is 2.36. The summed E-state index contributed by atoms with van der Waals surface area (Å²) >= 11 is 5.78. The number of aromatic nitrogens is 2. The van der Waals surface area contributed by atoms with Crippen LogP contribution in [-0.4, -0.2) is 28.3 Å². The Morgan fingerprint density at radius 1 is 1.12 bits per heavy atom. The summed E-state index contributed by atoms with van der Waals surface area (Å²) < 4.78 is 11.6. The number of nitrogens with zero attached hydrogens (tertiary/aromatic N) is 2. The molecular formula is C10H14BClN2O2. The van der Waals surface area contributed by atoms with Gasteiger partial charge in [0, 0.05) is 6.20 Å². The normalized spacial score (nSPS) is 22.4. The predicted octanol–water partition coefficient (Wildman–Crippen LogP) is 1.43. The summed E-state index contributed by atoms with van der Waals surface area (Å²) in [6.45, 7) is 7.96. The summed E-state index contributed by atoms with van der Waals surface area (Å²) in [5.41, 5.74) is -0.144. The standard InChI is InChI=1S/C10H14BClN2O2/c1-9(2)10(3,4)16-11(15-9)7-5-13-6-8(12)14-7/h5-6H,1-4H3. The van der Waals surface area contributed by atoms with Gasteiger partial charge in [-0.1, -0.05) is 11.6 Å². The van der Waals surface area contributed by atoms with Gasteiger partial charge in [0.2, 0.25) is 0 Å². The van der Waals surface area contributed by atoms with Crippen molar-refractivity contribution in [3.63, 3.8) is 0 Å². The van der Waals surface area contributed by atoms with E-state index in [1.54, 1.807) is 6.20 Å². The Morgan fingerprint density at radius 3 is 2.19 bits per heavy atom. The molecule has 86 valence electrons. The molecule has 1 aromatic rings. The molecule has 0 aliphatic carbocycles. The first-order valence-corrected chi connectivity index (χ1v) is 5.53. The van der Waals surface area contributed by atoms with E-state index >= 15 is 0 Å². The molecule has 2 rings (SSSR count). The van der Waals surface area contributed by atoms with Crippen LogP contribution in [-0.2, 0) is 9.31 Å². The first kappa shape index (κ1) is 11.8. The molecule has 6 heteroatoms. The average molecular weight is 240 g/mol. The van der Waals surface area contributed by atoms with Crippen LogP contribution in [0.5, 0.6) is 0 Å². The van der Waals surface area contributed by atoms with Crippen molar-refractivity contribution in [2.45, 2.75) is 38.9 Å². The van der Waals surface area contributed by atoms with Crippen LogP contribution in [0.2, 0.25) is 5.15 Å². The van der Waals surface area contributed by atoms with E-state index < -0.39 is 7.12 Å². The highest BCUT2D eigenvalue weighted by atomic mass is 35.5. The molecule has 1 aromatic heterocycles. The van der Waals surface area contributed by atoms with E-state index in [1.807, 2.05) is 27.7 Å². The van der Waals surface area contributed by atoms with Crippen molar-refractivity contribution >= 4 is 24.3 Å². The summed E-state index contributed by atoms with van der Waals surface area (Å²) in [5.74, 6) is 0. The van der Waals surface area contributed by atoms with Crippen molar-refractivity contribution in [2.24, 2.45) is 0 Å². The number of hydrogen-bond donors (Lipinski definition) is 0. The van der Waals surface area contributed by atoms with Crippen molar-refractivity contribution in [3.05, 3.63) is 17.5 Å². The van der Waals surface area contributed by atoms with Gasteiger partial charge in [-0.3, -0.25) is 4.98 Å². The molecular weight excluding hydrogens is 226 g/mol. The second-order valence-electron chi connectivity index (χ2n) is 4.85. The van der Waals surface area contributed by atoms with E-state index in [0.29, 0.717) is 10.7 Å². The fourth-order valence-corrected chi connectivity index (χ4v) is 1.59. The molecule has 2 heterocycles. The molecule has 0 N–H and O–H groups in total. The second kappa shape index (κ2) is 3.69. The molecule has 0 spiro atoms. The maximum atomic E-state index is 5.82. The zero-order valence-corrected chi connectivity index (χ0v) is 10.6. The summed E-state index contributed by atoms with van der Waals surface area (Å²) in [6.07, 6.45) is 3.09. The third kappa shape index (κ3) is 1.95. The van der Waals surface area contributed by atoms with Gasteiger partial charge in [-0.2, -0.15) is 0 Å². The maximum Gasteiger partial charge on any atom is 0.516 e. The predicted molar refractivity (Wildman–Crippen MR) is 62.8 cm³/mol. The minimum absolute atomic E-state index is 0.340. The van der Waals surface area contributed by atoms with E-state index in [0.717, 1.165) is 0 Å². The van der Waals surface area contributed by atoms with E-state index in [9.17, 15) is 0 Å². The number of rotatable bonds is 1. The van der Waals surface area contributed by atoms with E-state index in [1.165, 1.54) is 6.20 Å². The fraction of sp³-hybridized carbons (Fsp3) is 0.600. The molecule has 0 saturated carbocycles. The highest BCUT2D eigenvalue weighted by Gasteiger charge is 2.52. The van der Waals surface area contributed by atoms with Crippen LogP contribution in [0.3, 0.4) is 0 Å². The Bertz CT molecular complexity index is 396. The van der Waals surface area contributed by atoms with Gasteiger partial charge in [-0.15, -0.1) is 0 Å². The molecule has 1 fully saturated rings. The number of halogens is 1. The first-order valence-electron chi connectivity index (χ1n) is 5.15. The topological polar surface area (TPSA) is 44.2 Å². The van der Waals surface area contributed by atoms with Gasteiger partial charge in [0.15, 0.2) is 0 Å². The van der Waals surface area contributed by atoms with Crippen molar-refractivity contribution in [2.75, 3.05) is 0 Å². The maximum absolute atomic E-state index is 5.82. The van der Waals surface area contributed by atoms with Crippen LogP contribution in [0.15, 0.2) is 12.4 Å². The SMILES string of the molecule is CC1(C)OB(c2cncc(Cl)n2)OC1(C)C. The smallest absolute Gasteiger partial charge is 0.398 e. The Kier molecular flexibility index (Phi) is 2.73. The Morgan fingerprint density at radius 2 is 1.69 bits per heavy atom. The molecule has 0 bridgehead atoms. The summed E-state index contributed by atoms with van der Waals surface area (Å²) in [7, 11) is -0.504. The van der Waals surface area contributed by atoms with E-state index in [4.69, 9.17) is 20.9 Å². The van der Waals surface area contributed by atoms with Crippen molar-refractivity contribution < 1.29 is 9.31 Å². The lowest BCUT2D eigenvalue weighted by Crippen LogP contribution is -2.41. The first-order chi connectivity index (χ1) is 7.32. The van der Waals surface area contributed by atoms with Crippen LogP contribution < -0.4 is 5.59 Å². The van der Waals surface area contributed by atoms with E-state index in [2.05, 4.69) is 9.97 Å². The Balaban J connectivity index is 2.27. The van der Waals surface area contributed by atoms with Crippen molar-refractivity contribution in [1.29, 1.82) is 0 Å². The van der Waals surface area contributed by atoms with Crippen LogP contribution in [0, 0.1) is 0 Å². The molecule has 0 aromatic carbocycles. The average Bonchev–Trinajstić information content (AvgIpc) is 2.36. The van der Waals surface area contributed by atoms with Crippen LogP contribution in [0.1, 0.15) is 27.7 Å². The quantitative estimate of drug-likeness (QED) is 0.697. The number of hydrogen-bond acceptors (Lipinski definition) is 4. The molecule has 1 saturated heterocycles. The van der Waals surface area contributed by atoms with Crippen LogP contribution in [0.25, 0.3) is 0 Å². The van der Waals surface area contributed by atoms with Gasteiger partial charge in [0.05, 0.1) is 23.0 Å². The molecule has 0 atom stereocenters. The molecule has 1 aliphatic rings. The van der Waals surface area contributed by atoms with Crippen LogP contribution in [0.4, 0.5) is 0 Å². The third-order valence-corrected chi connectivity index (χ3v) is 3.30. The van der Waals surface area contributed by atoms with Gasteiger partial charge in [0.1, 0.15) is 5.15 Å². The zero-order valence-electron chi connectivity index (χ0n) is 9.82. The molecule has 0 radical (unpaired) electrons. The van der Waals surface area contributed by atoms with Crippen molar-refractivity contribution in [3.8, 4) is 0 Å². The molecule has 1 aliphatic heterocycles. The minimum Gasteiger partial charge on any atom is -0.398 e. The van der Waals surface area contributed by atoms with Gasteiger partial charge >= 0.3 is 7.12 Å². The van der Waals surface area contributed by atoms with E-state index in [-0.39, 0.29) is 11.2 Å². The van der Waals surface area contributed by atoms with Crippen LogP contribution >= 0.6 is 11.6 Å². The highest BCUT2D eigenvalue weighted by molar-refractivity contribution is 6.61. The Labute approximate surface area is 100 Å². The lowest BCUT2D eigenvalue weighted by molar-refractivity contribution is 0.00578. The summed E-state index contributed by atoms with van der Waals surface area (Å²) in [5, 5.41) is 0.340. The lowest BCUT2D eigenvalue weighted by Gasteiger charge is -2.32. The van der Waals surface area contributed by atoms with Crippen molar-refractivity contribution in [1.82, 2.24) is 9.97 Å². The fourth-order valence-electron chi connectivity index (χ4n) is 1.43. The second-order valence-corrected chi connectivity index (χ2v) is 5.24. The minimum atomic E-state index is -0.504. The molecule has 0 amide bonds. The Hall–Kier alpha value is -0.645. The van der Waals surface area contributed by atoms with Gasteiger partial charge < -0.3 is 9.31 Å². The molecule has 4 nitrogen and oxygen atoms in total. The molecule has 0 unspecified atom stereocenters. The largest absolute Gasteiger partial charge is 0.516 e. The summed E-state index contributed by atoms with van der Waals surface area (Å²) in [4.78, 5) is 8.11. The van der Waals surface area contributed by atoms with Gasteiger partial charge in [-0.05, 0) is 27.7 Å². The third-order valence-electron chi connectivity index (χ3n) is 3.12. The monoisotopic (exact) mass is 240 g/mol. The lowest BCUT2D eigenvalue weighted by atomic mass is 9.85. The zero-order chi connectivity index (χ0) is 12.0. The van der Waals surface area contributed by atoms with Gasteiger partial charge in [0.25, 0.3) is 0 Å². The van der Waals surface area contributed by atoms with Gasteiger partial charge in [-0.25, -0.2) is 4.98 Å².